The number of carbonyl (C=O) groups is 1. The van der Waals surface area contributed by atoms with Crippen molar-refractivity contribution in [1.29, 1.82) is 0 Å². The first-order valence-electron chi connectivity index (χ1n) is 9.98. The van der Waals surface area contributed by atoms with Gasteiger partial charge in [-0.05, 0) is 61.7 Å². The molecule has 3 aromatic rings. The van der Waals surface area contributed by atoms with Gasteiger partial charge in [0, 0.05) is 34.0 Å². The highest BCUT2D eigenvalue weighted by Crippen LogP contribution is 2.31. The number of hydrogen-bond donors (Lipinski definition) is 2. The third-order valence-corrected chi connectivity index (χ3v) is 6.07. The van der Waals surface area contributed by atoms with Gasteiger partial charge in [0.2, 0.25) is 11.9 Å². The van der Waals surface area contributed by atoms with E-state index in [1.54, 1.807) is 11.3 Å². The van der Waals surface area contributed by atoms with Gasteiger partial charge in [-0.15, -0.1) is 11.3 Å². The zero-order chi connectivity index (χ0) is 21.1. The molecule has 0 bridgehead atoms. The Balaban J connectivity index is 1.50. The van der Waals surface area contributed by atoms with Crippen molar-refractivity contribution < 1.29 is 4.79 Å². The molecule has 2 heterocycles. The molecule has 0 saturated heterocycles. The first-order valence-corrected chi connectivity index (χ1v) is 11.6. The third-order valence-electron chi connectivity index (χ3n) is 4.37. The Morgan fingerprint density at radius 2 is 1.97 bits per heavy atom. The van der Waals surface area contributed by atoms with Crippen LogP contribution < -0.4 is 10.6 Å². The van der Waals surface area contributed by atoms with E-state index in [0.717, 1.165) is 45.7 Å². The Labute approximate surface area is 184 Å². The predicted molar refractivity (Wildman–Crippen MR) is 120 cm³/mol. The zero-order valence-electron chi connectivity index (χ0n) is 17.2. The fourth-order valence-corrected chi connectivity index (χ4v) is 4.19. The lowest BCUT2D eigenvalue weighted by atomic mass is 10.1. The minimum atomic E-state index is 0.110. The molecule has 1 aliphatic carbocycles. The first kappa shape index (κ1) is 20.7. The van der Waals surface area contributed by atoms with Crippen molar-refractivity contribution in [2.75, 3.05) is 10.6 Å². The van der Waals surface area contributed by atoms with E-state index < -0.39 is 0 Å². The molecular formula is C21H24N6OS2. The summed E-state index contributed by atoms with van der Waals surface area (Å²) in [6, 6.07) is 7.76. The number of thiazole rings is 1. The standard InChI is InChI=1S/C21H24N6OS2/c1-12(2)10-17-24-19(26-20-22-11-13(3)29-20)27-21(25-17)30-16-8-6-15(7-9-16)23-18(28)14-4-5-14/h6-9,11-12,14H,4-5,10H2,1-3H3,(H,23,28)(H,22,24,25,26,27). The molecule has 0 aliphatic heterocycles. The number of aryl methyl sites for hydroxylation is 1. The van der Waals surface area contributed by atoms with E-state index in [0.29, 0.717) is 17.0 Å². The lowest BCUT2D eigenvalue weighted by Crippen LogP contribution is -2.12. The predicted octanol–water partition coefficient (Wildman–Crippen LogP) is 5.08. The van der Waals surface area contributed by atoms with Crippen LogP contribution in [-0.2, 0) is 11.2 Å². The van der Waals surface area contributed by atoms with E-state index in [-0.39, 0.29) is 11.8 Å². The zero-order valence-corrected chi connectivity index (χ0v) is 18.8. The van der Waals surface area contributed by atoms with Crippen LogP contribution in [-0.4, -0.2) is 25.8 Å². The number of carbonyl (C=O) groups excluding carboxylic acids is 1. The molecule has 30 heavy (non-hydrogen) atoms. The highest BCUT2D eigenvalue weighted by atomic mass is 32.2. The number of hydrogen-bond acceptors (Lipinski definition) is 8. The SMILES string of the molecule is Cc1cnc(Nc2nc(CC(C)C)nc(Sc3ccc(NC(=O)C4CC4)cc3)n2)s1. The maximum absolute atomic E-state index is 11.9. The van der Waals surface area contributed by atoms with Gasteiger partial charge in [-0.1, -0.05) is 13.8 Å². The number of benzene rings is 1. The summed E-state index contributed by atoms with van der Waals surface area (Å²) < 4.78 is 0. The molecule has 1 aliphatic rings. The molecule has 2 aromatic heterocycles. The molecule has 2 N–H and O–H groups in total. The molecule has 0 radical (unpaired) electrons. The third kappa shape index (κ3) is 5.76. The van der Waals surface area contributed by atoms with E-state index in [4.69, 9.17) is 0 Å². The molecule has 1 fully saturated rings. The monoisotopic (exact) mass is 440 g/mol. The molecule has 156 valence electrons. The van der Waals surface area contributed by atoms with Crippen LogP contribution in [0.3, 0.4) is 0 Å². The van der Waals surface area contributed by atoms with Crippen LogP contribution in [0.15, 0.2) is 40.5 Å². The van der Waals surface area contributed by atoms with Crippen LogP contribution in [0.4, 0.5) is 16.8 Å². The van der Waals surface area contributed by atoms with Gasteiger partial charge in [0.15, 0.2) is 10.3 Å². The first-order chi connectivity index (χ1) is 14.4. The quantitative estimate of drug-likeness (QED) is 0.505. The smallest absolute Gasteiger partial charge is 0.233 e. The summed E-state index contributed by atoms with van der Waals surface area (Å²) in [4.78, 5) is 32.1. The van der Waals surface area contributed by atoms with Gasteiger partial charge >= 0.3 is 0 Å². The number of rotatable bonds is 8. The van der Waals surface area contributed by atoms with Crippen molar-refractivity contribution in [3.05, 3.63) is 41.2 Å². The van der Waals surface area contributed by atoms with Gasteiger partial charge < -0.3 is 5.32 Å². The summed E-state index contributed by atoms with van der Waals surface area (Å²) in [5.41, 5.74) is 0.814. The van der Waals surface area contributed by atoms with Crippen molar-refractivity contribution in [2.45, 2.75) is 50.1 Å². The van der Waals surface area contributed by atoms with E-state index in [1.165, 1.54) is 11.8 Å². The molecule has 9 heteroatoms. The fourth-order valence-electron chi connectivity index (χ4n) is 2.77. The number of amides is 1. The van der Waals surface area contributed by atoms with E-state index in [1.807, 2.05) is 37.4 Å². The Hall–Kier alpha value is -2.52. The Morgan fingerprint density at radius 3 is 2.60 bits per heavy atom. The molecule has 1 aromatic carbocycles. The van der Waals surface area contributed by atoms with E-state index >= 15 is 0 Å². The Morgan fingerprint density at radius 1 is 1.20 bits per heavy atom. The second kappa shape index (κ2) is 9.09. The lowest BCUT2D eigenvalue weighted by molar-refractivity contribution is -0.117. The number of nitrogens with one attached hydrogen (secondary N) is 2. The van der Waals surface area contributed by atoms with Gasteiger partial charge in [-0.2, -0.15) is 9.97 Å². The molecule has 1 saturated carbocycles. The fraction of sp³-hybridized carbons (Fsp3) is 0.381. The minimum absolute atomic E-state index is 0.110. The summed E-state index contributed by atoms with van der Waals surface area (Å²) >= 11 is 3.03. The molecule has 0 atom stereocenters. The average Bonchev–Trinajstić information content (AvgIpc) is 3.46. The van der Waals surface area contributed by atoms with Crippen molar-refractivity contribution in [1.82, 2.24) is 19.9 Å². The largest absolute Gasteiger partial charge is 0.326 e. The summed E-state index contributed by atoms with van der Waals surface area (Å²) in [6.07, 6.45) is 4.58. The summed E-state index contributed by atoms with van der Waals surface area (Å²) in [5, 5.41) is 7.55. The normalized spacial score (nSPS) is 13.5. The van der Waals surface area contributed by atoms with Crippen LogP contribution in [0.5, 0.6) is 0 Å². The number of aromatic nitrogens is 4. The summed E-state index contributed by atoms with van der Waals surface area (Å²) in [7, 11) is 0. The van der Waals surface area contributed by atoms with Gasteiger partial charge in [0.05, 0.1) is 0 Å². The van der Waals surface area contributed by atoms with Crippen LogP contribution in [0, 0.1) is 18.8 Å². The lowest BCUT2D eigenvalue weighted by Gasteiger charge is -2.09. The maximum Gasteiger partial charge on any atom is 0.233 e. The Kier molecular flexibility index (Phi) is 6.29. The highest BCUT2D eigenvalue weighted by Gasteiger charge is 2.29. The van der Waals surface area contributed by atoms with Crippen molar-refractivity contribution >= 4 is 45.8 Å². The molecule has 1 amide bonds. The second-order valence-electron chi connectivity index (χ2n) is 7.75. The molecule has 0 unspecified atom stereocenters. The topological polar surface area (TPSA) is 92.7 Å². The average molecular weight is 441 g/mol. The highest BCUT2D eigenvalue weighted by molar-refractivity contribution is 7.99. The van der Waals surface area contributed by atoms with Crippen molar-refractivity contribution in [2.24, 2.45) is 11.8 Å². The van der Waals surface area contributed by atoms with Crippen molar-refractivity contribution in [3.8, 4) is 0 Å². The van der Waals surface area contributed by atoms with Crippen LogP contribution in [0.1, 0.15) is 37.4 Å². The second-order valence-corrected chi connectivity index (χ2v) is 10.0. The van der Waals surface area contributed by atoms with Crippen LogP contribution in [0.25, 0.3) is 0 Å². The molecule has 7 nitrogen and oxygen atoms in total. The van der Waals surface area contributed by atoms with Crippen LogP contribution >= 0.6 is 23.1 Å². The van der Waals surface area contributed by atoms with E-state index in [9.17, 15) is 4.79 Å². The molecular weight excluding hydrogens is 416 g/mol. The summed E-state index contributed by atoms with van der Waals surface area (Å²) in [5.74, 6) is 2.00. The molecule has 4 rings (SSSR count). The van der Waals surface area contributed by atoms with Crippen LogP contribution in [0.2, 0.25) is 0 Å². The van der Waals surface area contributed by atoms with E-state index in [2.05, 4.69) is 44.4 Å². The van der Waals surface area contributed by atoms with Gasteiger partial charge in [0.25, 0.3) is 0 Å². The number of anilines is 3. The maximum atomic E-state index is 11.9. The molecule has 0 spiro atoms. The number of nitrogens with zero attached hydrogens (tertiary/aromatic N) is 4. The minimum Gasteiger partial charge on any atom is -0.326 e. The Bertz CT molecular complexity index is 1030. The van der Waals surface area contributed by atoms with Crippen molar-refractivity contribution in [3.63, 3.8) is 0 Å². The van der Waals surface area contributed by atoms with Gasteiger partial charge in [0.1, 0.15) is 5.82 Å². The summed E-state index contributed by atoms with van der Waals surface area (Å²) in [6.45, 7) is 6.30. The van der Waals surface area contributed by atoms with Gasteiger partial charge in [-0.3, -0.25) is 10.1 Å². The van der Waals surface area contributed by atoms with Gasteiger partial charge in [-0.25, -0.2) is 9.97 Å².